The van der Waals surface area contributed by atoms with Crippen molar-refractivity contribution in [2.45, 2.75) is 46.2 Å². The number of oxazole rings is 1. The second-order valence-electron chi connectivity index (χ2n) is 5.44. The normalized spacial score (nSPS) is 14.0. The quantitative estimate of drug-likeness (QED) is 0.668. The summed E-state index contributed by atoms with van der Waals surface area (Å²) in [5.41, 5.74) is 0. The van der Waals surface area contributed by atoms with Gasteiger partial charge in [0.1, 0.15) is 5.76 Å². The van der Waals surface area contributed by atoms with Crippen molar-refractivity contribution in [3.05, 3.63) is 17.8 Å². The Kier molecular flexibility index (Phi) is 6.79. The van der Waals surface area contributed by atoms with E-state index in [1.807, 2.05) is 0 Å². The molecule has 0 aliphatic rings. The number of hydrogen-bond donors (Lipinski definition) is 2. The molecular weight excluding hydrogens is 292 g/mol. The van der Waals surface area contributed by atoms with Crippen molar-refractivity contribution >= 4 is 10.2 Å². The molecule has 7 nitrogen and oxygen atoms in total. The highest BCUT2D eigenvalue weighted by atomic mass is 32.2. The summed E-state index contributed by atoms with van der Waals surface area (Å²) in [6.45, 7) is 8.82. The molecule has 0 saturated carbocycles. The molecule has 8 heteroatoms. The zero-order valence-corrected chi connectivity index (χ0v) is 14.2. The van der Waals surface area contributed by atoms with E-state index in [0.29, 0.717) is 24.2 Å². The molecule has 1 rings (SSSR count). The number of nitrogens with one attached hydrogen (secondary N) is 2. The standard InChI is InChI=1S/C13H26N4O3S/c1-10(2)14-7-6-8-17(5)21(18,19)16-12(4)13-15-9-11(3)20-13/h9-10,12,14,16H,6-8H2,1-5H3. The van der Waals surface area contributed by atoms with Gasteiger partial charge in [-0.3, -0.25) is 0 Å². The fraction of sp³-hybridized carbons (Fsp3) is 0.769. The smallest absolute Gasteiger partial charge is 0.279 e. The van der Waals surface area contributed by atoms with Gasteiger partial charge >= 0.3 is 0 Å². The lowest BCUT2D eigenvalue weighted by Crippen LogP contribution is -2.40. The summed E-state index contributed by atoms with van der Waals surface area (Å²) in [5, 5.41) is 3.25. The van der Waals surface area contributed by atoms with E-state index in [1.54, 1.807) is 27.1 Å². The topological polar surface area (TPSA) is 87.5 Å². The third kappa shape index (κ3) is 6.13. The lowest BCUT2D eigenvalue weighted by atomic mass is 10.3. The minimum atomic E-state index is -3.54. The maximum absolute atomic E-state index is 12.2. The van der Waals surface area contributed by atoms with Crippen LogP contribution in [0, 0.1) is 6.92 Å². The molecular formula is C13H26N4O3S. The number of rotatable bonds is 9. The van der Waals surface area contributed by atoms with Gasteiger partial charge in [-0.1, -0.05) is 13.8 Å². The van der Waals surface area contributed by atoms with E-state index < -0.39 is 16.3 Å². The van der Waals surface area contributed by atoms with Crippen LogP contribution in [0.5, 0.6) is 0 Å². The second-order valence-corrected chi connectivity index (χ2v) is 7.25. The predicted molar refractivity (Wildman–Crippen MR) is 82.1 cm³/mol. The molecule has 0 amide bonds. The summed E-state index contributed by atoms with van der Waals surface area (Å²) < 4.78 is 33.5. The first-order valence-electron chi connectivity index (χ1n) is 7.11. The van der Waals surface area contributed by atoms with E-state index in [9.17, 15) is 8.42 Å². The van der Waals surface area contributed by atoms with E-state index in [1.165, 1.54) is 4.31 Å². The van der Waals surface area contributed by atoms with Crippen LogP contribution in [0.1, 0.15) is 44.9 Å². The molecule has 0 saturated heterocycles. The van der Waals surface area contributed by atoms with Gasteiger partial charge in [-0.25, -0.2) is 4.98 Å². The molecule has 0 aliphatic carbocycles. The largest absolute Gasteiger partial charge is 0.444 e. The Morgan fingerprint density at radius 3 is 2.57 bits per heavy atom. The highest BCUT2D eigenvalue weighted by Crippen LogP contribution is 2.13. The number of nitrogens with zero attached hydrogens (tertiary/aromatic N) is 2. The van der Waals surface area contributed by atoms with Crippen molar-refractivity contribution < 1.29 is 12.8 Å². The lowest BCUT2D eigenvalue weighted by Gasteiger charge is -2.20. The number of aryl methyl sites for hydroxylation is 1. The van der Waals surface area contributed by atoms with Crippen molar-refractivity contribution in [3.8, 4) is 0 Å². The Labute approximate surface area is 127 Å². The molecule has 0 bridgehead atoms. The highest BCUT2D eigenvalue weighted by molar-refractivity contribution is 7.87. The van der Waals surface area contributed by atoms with E-state index in [2.05, 4.69) is 28.9 Å². The van der Waals surface area contributed by atoms with Crippen LogP contribution in [-0.2, 0) is 10.2 Å². The monoisotopic (exact) mass is 318 g/mol. The second kappa shape index (κ2) is 7.88. The first-order chi connectivity index (χ1) is 9.72. The molecule has 1 atom stereocenters. The summed E-state index contributed by atoms with van der Waals surface area (Å²) in [7, 11) is -1.98. The average Bonchev–Trinajstić information content (AvgIpc) is 2.80. The highest BCUT2D eigenvalue weighted by Gasteiger charge is 2.23. The summed E-state index contributed by atoms with van der Waals surface area (Å²) in [4.78, 5) is 4.03. The van der Waals surface area contributed by atoms with Crippen LogP contribution in [0.2, 0.25) is 0 Å². The van der Waals surface area contributed by atoms with Crippen LogP contribution in [0.4, 0.5) is 0 Å². The number of aromatic nitrogens is 1. The summed E-state index contributed by atoms with van der Waals surface area (Å²) in [6, 6.07) is -0.0988. The lowest BCUT2D eigenvalue weighted by molar-refractivity contribution is 0.404. The molecule has 0 radical (unpaired) electrons. The molecule has 21 heavy (non-hydrogen) atoms. The molecule has 122 valence electrons. The summed E-state index contributed by atoms with van der Waals surface area (Å²) >= 11 is 0. The zero-order chi connectivity index (χ0) is 16.0. The van der Waals surface area contributed by atoms with Gasteiger partial charge in [0.15, 0.2) is 0 Å². The predicted octanol–water partition coefficient (Wildman–Crippen LogP) is 1.20. The van der Waals surface area contributed by atoms with E-state index >= 15 is 0 Å². The van der Waals surface area contributed by atoms with E-state index in [4.69, 9.17) is 4.42 Å². The fourth-order valence-corrected chi connectivity index (χ4v) is 2.85. The van der Waals surface area contributed by atoms with Gasteiger partial charge in [0.05, 0.1) is 12.2 Å². The van der Waals surface area contributed by atoms with E-state index in [-0.39, 0.29) is 0 Å². The molecule has 0 aliphatic heterocycles. The minimum absolute atomic E-state index is 0.367. The molecule has 0 fully saturated rings. The van der Waals surface area contributed by atoms with Gasteiger partial charge in [0.2, 0.25) is 5.89 Å². The third-order valence-corrected chi connectivity index (χ3v) is 4.60. The fourth-order valence-electron chi connectivity index (χ4n) is 1.75. The van der Waals surface area contributed by atoms with Gasteiger partial charge in [-0.15, -0.1) is 0 Å². The van der Waals surface area contributed by atoms with Crippen molar-refractivity contribution in [2.75, 3.05) is 20.1 Å². The SMILES string of the molecule is Cc1cnc(C(C)NS(=O)(=O)N(C)CCCNC(C)C)o1. The maximum atomic E-state index is 12.2. The van der Waals surface area contributed by atoms with Crippen LogP contribution in [0.3, 0.4) is 0 Å². The van der Waals surface area contributed by atoms with Gasteiger partial charge in [0.25, 0.3) is 10.2 Å². The Bertz CT molecular complexity index is 527. The van der Waals surface area contributed by atoms with Crippen LogP contribution >= 0.6 is 0 Å². The molecule has 1 unspecified atom stereocenters. The third-order valence-electron chi connectivity index (χ3n) is 2.95. The Morgan fingerprint density at radius 1 is 1.38 bits per heavy atom. The van der Waals surface area contributed by atoms with Crippen LogP contribution in [0.25, 0.3) is 0 Å². The Hall–Kier alpha value is -0.960. The van der Waals surface area contributed by atoms with Crippen molar-refractivity contribution in [1.82, 2.24) is 19.3 Å². The Balaban J connectivity index is 2.48. The van der Waals surface area contributed by atoms with Crippen LogP contribution < -0.4 is 10.0 Å². The molecule has 0 spiro atoms. The van der Waals surface area contributed by atoms with Gasteiger partial charge in [0, 0.05) is 19.6 Å². The first kappa shape index (κ1) is 18.1. The van der Waals surface area contributed by atoms with Gasteiger partial charge < -0.3 is 9.73 Å². The number of hydrogen-bond acceptors (Lipinski definition) is 5. The van der Waals surface area contributed by atoms with Crippen molar-refractivity contribution in [3.63, 3.8) is 0 Å². The van der Waals surface area contributed by atoms with Gasteiger partial charge in [-0.2, -0.15) is 17.4 Å². The Morgan fingerprint density at radius 2 is 2.05 bits per heavy atom. The summed E-state index contributed by atoms with van der Waals surface area (Å²) in [5.74, 6) is 1.02. The molecule has 1 aromatic heterocycles. The summed E-state index contributed by atoms with van der Waals surface area (Å²) in [6.07, 6.45) is 2.32. The average molecular weight is 318 g/mol. The van der Waals surface area contributed by atoms with E-state index in [0.717, 1.165) is 13.0 Å². The zero-order valence-electron chi connectivity index (χ0n) is 13.4. The van der Waals surface area contributed by atoms with Crippen LogP contribution in [-0.4, -0.2) is 43.9 Å². The molecule has 0 aromatic carbocycles. The van der Waals surface area contributed by atoms with Crippen molar-refractivity contribution in [2.24, 2.45) is 0 Å². The maximum Gasteiger partial charge on any atom is 0.279 e. The minimum Gasteiger partial charge on any atom is -0.444 e. The first-order valence-corrected chi connectivity index (χ1v) is 8.55. The molecule has 1 heterocycles. The molecule has 1 aromatic rings. The van der Waals surface area contributed by atoms with Crippen LogP contribution in [0.15, 0.2) is 10.6 Å². The van der Waals surface area contributed by atoms with Gasteiger partial charge in [-0.05, 0) is 26.8 Å². The van der Waals surface area contributed by atoms with Crippen molar-refractivity contribution in [1.29, 1.82) is 0 Å². The molecule has 2 N–H and O–H groups in total.